The van der Waals surface area contributed by atoms with Gasteiger partial charge in [-0.1, -0.05) is 6.07 Å². The number of rotatable bonds is 2. The minimum absolute atomic E-state index is 0.279. The van der Waals surface area contributed by atoms with Gasteiger partial charge >= 0.3 is 0 Å². The highest BCUT2D eigenvalue weighted by molar-refractivity contribution is 9.10. The Balaban J connectivity index is 2.00. The van der Waals surface area contributed by atoms with Gasteiger partial charge in [0.1, 0.15) is 10.7 Å². The van der Waals surface area contributed by atoms with Crippen molar-refractivity contribution in [3.8, 4) is 5.88 Å². The molecule has 1 atom stereocenters. The van der Waals surface area contributed by atoms with E-state index in [0.717, 1.165) is 24.1 Å². The Bertz CT molecular complexity index is 287. The van der Waals surface area contributed by atoms with Gasteiger partial charge in [-0.05, 0) is 35.0 Å². The van der Waals surface area contributed by atoms with E-state index in [-0.39, 0.29) is 6.10 Å². The summed E-state index contributed by atoms with van der Waals surface area (Å²) in [5, 5.41) is 3.24. The van der Waals surface area contributed by atoms with E-state index < -0.39 is 0 Å². The van der Waals surface area contributed by atoms with Crippen molar-refractivity contribution in [2.75, 3.05) is 13.1 Å². The first kappa shape index (κ1) is 8.97. The number of ether oxygens (including phenoxy) is 1. The molecule has 70 valence electrons. The van der Waals surface area contributed by atoms with Crippen molar-refractivity contribution < 1.29 is 4.74 Å². The van der Waals surface area contributed by atoms with E-state index in [1.807, 2.05) is 18.2 Å². The van der Waals surface area contributed by atoms with Gasteiger partial charge in [-0.15, -0.1) is 0 Å². The van der Waals surface area contributed by atoms with Crippen LogP contribution in [-0.2, 0) is 0 Å². The molecule has 1 aromatic rings. The molecule has 1 saturated heterocycles. The summed E-state index contributed by atoms with van der Waals surface area (Å²) in [5.41, 5.74) is 0. The van der Waals surface area contributed by atoms with Gasteiger partial charge in [0.25, 0.3) is 0 Å². The van der Waals surface area contributed by atoms with Crippen LogP contribution in [0.1, 0.15) is 6.42 Å². The number of nitrogens with one attached hydrogen (secondary N) is 1. The molecule has 13 heavy (non-hydrogen) atoms. The maximum Gasteiger partial charge on any atom is 0.214 e. The van der Waals surface area contributed by atoms with Crippen LogP contribution in [0.5, 0.6) is 5.88 Å². The number of halogens is 1. The maximum absolute atomic E-state index is 5.65. The molecule has 1 aliphatic rings. The van der Waals surface area contributed by atoms with Crippen LogP contribution >= 0.6 is 15.9 Å². The van der Waals surface area contributed by atoms with Crippen molar-refractivity contribution in [1.82, 2.24) is 10.3 Å². The average Bonchev–Trinajstić information content (AvgIpc) is 2.57. The molecule has 0 aliphatic carbocycles. The van der Waals surface area contributed by atoms with E-state index in [0.29, 0.717) is 5.88 Å². The lowest BCUT2D eigenvalue weighted by atomic mass is 10.3. The lowest BCUT2D eigenvalue weighted by molar-refractivity contribution is 0.213. The Morgan fingerprint density at radius 2 is 2.46 bits per heavy atom. The van der Waals surface area contributed by atoms with Crippen molar-refractivity contribution in [2.45, 2.75) is 12.5 Å². The summed E-state index contributed by atoms with van der Waals surface area (Å²) in [7, 11) is 0. The Morgan fingerprint density at radius 3 is 3.15 bits per heavy atom. The molecular weight excluding hydrogens is 232 g/mol. The van der Waals surface area contributed by atoms with Gasteiger partial charge in [0, 0.05) is 12.6 Å². The van der Waals surface area contributed by atoms with E-state index in [1.165, 1.54) is 0 Å². The lowest BCUT2D eigenvalue weighted by Crippen LogP contribution is -2.19. The molecule has 0 spiro atoms. The first-order valence-corrected chi connectivity index (χ1v) is 5.14. The lowest BCUT2D eigenvalue weighted by Gasteiger charge is -2.10. The Kier molecular flexibility index (Phi) is 2.80. The summed E-state index contributed by atoms with van der Waals surface area (Å²) in [5.74, 6) is 0.697. The zero-order valence-electron chi connectivity index (χ0n) is 7.16. The van der Waals surface area contributed by atoms with Crippen LogP contribution in [-0.4, -0.2) is 24.2 Å². The number of pyridine rings is 1. The molecule has 2 heterocycles. The highest BCUT2D eigenvalue weighted by atomic mass is 79.9. The second-order valence-corrected chi connectivity index (χ2v) is 3.84. The molecule has 0 unspecified atom stereocenters. The minimum Gasteiger partial charge on any atom is -0.473 e. The first-order valence-electron chi connectivity index (χ1n) is 4.34. The Hall–Kier alpha value is -0.610. The number of aromatic nitrogens is 1. The smallest absolute Gasteiger partial charge is 0.214 e. The van der Waals surface area contributed by atoms with Crippen molar-refractivity contribution in [3.63, 3.8) is 0 Å². The highest BCUT2D eigenvalue weighted by Crippen LogP contribution is 2.15. The van der Waals surface area contributed by atoms with E-state index in [2.05, 4.69) is 26.2 Å². The fourth-order valence-electron chi connectivity index (χ4n) is 1.35. The molecule has 0 aromatic carbocycles. The van der Waals surface area contributed by atoms with Gasteiger partial charge in [-0.2, -0.15) is 0 Å². The molecule has 1 fully saturated rings. The molecule has 1 N–H and O–H groups in total. The maximum atomic E-state index is 5.65. The summed E-state index contributed by atoms with van der Waals surface area (Å²) in [6.07, 6.45) is 1.34. The van der Waals surface area contributed by atoms with Gasteiger partial charge in [0.05, 0.1) is 0 Å². The van der Waals surface area contributed by atoms with E-state index in [1.54, 1.807) is 0 Å². The van der Waals surface area contributed by atoms with Gasteiger partial charge in [0.15, 0.2) is 0 Å². The summed E-state index contributed by atoms with van der Waals surface area (Å²) in [6.45, 7) is 1.97. The SMILES string of the molecule is Brc1cccc(O[C@@H]2CCNC2)n1. The van der Waals surface area contributed by atoms with Gasteiger partial charge < -0.3 is 10.1 Å². The van der Waals surface area contributed by atoms with Gasteiger partial charge in [0.2, 0.25) is 5.88 Å². The zero-order chi connectivity index (χ0) is 9.10. The van der Waals surface area contributed by atoms with Crippen LogP contribution in [0.2, 0.25) is 0 Å². The standard InChI is InChI=1S/C9H11BrN2O/c10-8-2-1-3-9(12-8)13-7-4-5-11-6-7/h1-3,7,11H,4-6H2/t7-/m1/s1. The van der Waals surface area contributed by atoms with Crippen LogP contribution in [0, 0.1) is 0 Å². The predicted molar refractivity (Wildman–Crippen MR) is 53.8 cm³/mol. The fourth-order valence-corrected chi connectivity index (χ4v) is 1.68. The second-order valence-electron chi connectivity index (χ2n) is 3.03. The van der Waals surface area contributed by atoms with Crippen LogP contribution < -0.4 is 10.1 Å². The number of nitrogens with zero attached hydrogens (tertiary/aromatic N) is 1. The van der Waals surface area contributed by atoms with Gasteiger partial charge in [-0.3, -0.25) is 0 Å². The van der Waals surface area contributed by atoms with Crippen LogP contribution in [0.3, 0.4) is 0 Å². The third-order valence-corrected chi connectivity index (χ3v) is 2.43. The number of hydrogen-bond acceptors (Lipinski definition) is 3. The summed E-state index contributed by atoms with van der Waals surface area (Å²) >= 11 is 3.30. The molecule has 1 aromatic heterocycles. The molecule has 0 radical (unpaired) electrons. The third kappa shape index (κ3) is 2.42. The Morgan fingerprint density at radius 1 is 1.54 bits per heavy atom. The molecule has 4 heteroatoms. The molecule has 1 aliphatic heterocycles. The predicted octanol–water partition coefficient (Wildman–Crippen LogP) is 1.58. The van der Waals surface area contributed by atoms with Crippen LogP contribution in [0.15, 0.2) is 22.8 Å². The van der Waals surface area contributed by atoms with E-state index in [9.17, 15) is 0 Å². The Labute approximate surface area is 85.6 Å². The van der Waals surface area contributed by atoms with Crippen molar-refractivity contribution in [2.24, 2.45) is 0 Å². The monoisotopic (exact) mass is 242 g/mol. The highest BCUT2D eigenvalue weighted by Gasteiger charge is 2.16. The summed E-state index contributed by atoms with van der Waals surface area (Å²) in [6, 6.07) is 5.69. The average molecular weight is 243 g/mol. The normalized spacial score (nSPS) is 21.8. The molecule has 0 bridgehead atoms. The van der Waals surface area contributed by atoms with Gasteiger partial charge in [-0.25, -0.2) is 4.98 Å². The number of hydrogen-bond donors (Lipinski definition) is 1. The third-order valence-electron chi connectivity index (χ3n) is 1.99. The molecule has 0 saturated carbocycles. The van der Waals surface area contributed by atoms with E-state index >= 15 is 0 Å². The van der Waals surface area contributed by atoms with Crippen molar-refractivity contribution in [1.29, 1.82) is 0 Å². The zero-order valence-corrected chi connectivity index (χ0v) is 8.75. The van der Waals surface area contributed by atoms with Crippen LogP contribution in [0.25, 0.3) is 0 Å². The van der Waals surface area contributed by atoms with Crippen molar-refractivity contribution >= 4 is 15.9 Å². The minimum atomic E-state index is 0.279. The first-order chi connectivity index (χ1) is 6.34. The topological polar surface area (TPSA) is 34.1 Å². The van der Waals surface area contributed by atoms with E-state index in [4.69, 9.17) is 4.74 Å². The fraction of sp³-hybridized carbons (Fsp3) is 0.444. The quantitative estimate of drug-likeness (QED) is 0.801. The summed E-state index contributed by atoms with van der Waals surface area (Å²) < 4.78 is 6.47. The largest absolute Gasteiger partial charge is 0.473 e. The van der Waals surface area contributed by atoms with Crippen molar-refractivity contribution in [3.05, 3.63) is 22.8 Å². The summed E-state index contributed by atoms with van der Waals surface area (Å²) in [4.78, 5) is 4.20. The molecule has 2 rings (SSSR count). The molecular formula is C9H11BrN2O. The van der Waals surface area contributed by atoms with Crippen LogP contribution in [0.4, 0.5) is 0 Å². The second kappa shape index (κ2) is 4.07. The molecule has 3 nitrogen and oxygen atoms in total. The molecule has 0 amide bonds.